The number of aliphatic hydroxyl groups is 8. The number of hydrogen-bond donors (Lipinski definition) is 8. The van der Waals surface area contributed by atoms with Crippen LogP contribution in [0.15, 0.2) is 0 Å². The Bertz CT molecular complexity index is 378. The summed E-state index contributed by atoms with van der Waals surface area (Å²) >= 11 is 0. The molecule has 136 valence electrons. The summed E-state index contributed by atoms with van der Waals surface area (Å²) in [6.07, 6.45) is -15.6. The second kappa shape index (κ2) is 7.63. The Balaban J connectivity index is 2.11. The average Bonchev–Trinajstić information content (AvgIpc) is 2.55. The van der Waals surface area contributed by atoms with E-state index in [0.717, 1.165) is 0 Å². The molecular weight excluding hydrogens is 320 g/mol. The Morgan fingerprint density at radius 3 is 1.83 bits per heavy atom. The quantitative estimate of drug-likeness (QED) is 0.243. The Kier molecular flexibility index (Phi) is 6.27. The van der Waals surface area contributed by atoms with Crippen molar-refractivity contribution in [1.82, 2.24) is 0 Å². The molecule has 0 aromatic heterocycles. The van der Waals surface area contributed by atoms with Gasteiger partial charge in [-0.2, -0.15) is 0 Å². The Morgan fingerprint density at radius 1 is 0.652 bits per heavy atom. The molecule has 11 nitrogen and oxygen atoms in total. The first-order valence-electron chi connectivity index (χ1n) is 7.08. The van der Waals surface area contributed by atoms with Crippen LogP contribution in [0.5, 0.6) is 0 Å². The molecule has 2 aliphatic rings. The van der Waals surface area contributed by atoms with E-state index in [1.54, 1.807) is 0 Å². The van der Waals surface area contributed by atoms with E-state index in [1.165, 1.54) is 0 Å². The minimum Gasteiger partial charge on any atom is -0.394 e. The van der Waals surface area contributed by atoms with Gasteiger partial charge in [0.1, 0.15) is 48.8 Å². The zero-order valence-corrected chi connectivity index (χ0v) is 12.0. The topological polar surface area (TPSA) is 190 Å². The summed E-state index contributed by atoms with van der Waals surface area (Å²) in [5, 5.41) is 76.5. The van der Waals surface area contributed by atoms with Crippen LogP contribution in [0.1, 0.15) is 0 Å². The van der Waals surface area contributed by atoms with Crippen LogP contribution in [0.3, 0.4) is 0 Å². The van der Waals surface area contributed by atoms with Crippen LogP contribution >= 0.6 is 0 Å². The number of hydrogen-bond acceptors (Lipinski definition) is 11. The molecule has 0 spiro atoms. The lowest BCUT2D eigenvalue weighted by atomic mass is 9.97. The normalized spacial score (nSPS) is 51.7. The maximum atomic E-state index is 9.94. The summed E-state index contributed by atoms with van der Waals surface area (Å²) in [5.41, 5.74) is 0. The summed E-state index contributed by atoms with van der Waals surface area (Å²) in [4.78, 5) is 0. The zero-order chi connectivity index (χ0) is 17.3. The van der Waals surface area contributed by atoms with Crippen molar-refractivity contribution in [2.24, 2.45) is 0 Å². The number of ether oxygens (including phenoxy) is 3. The molecule has 10 atom stereocenters. The molecule has 0 aromatic carbocycles. The molecule has 2 fully saturated rings. The molecule has 11 heteroatoms. The lowest BCUT2D eigenvalue weighted by Gasteiger charge is -2.45. The molecular formula is C12H22O11. The summed E-state index contributed by atoms with van der Waals surface area (Å²) in [5.74, 6) is 0. The SMILES string of the molecule is OC[C@@H]1O[C@@H](O[C@@H]2[C@H](O)[C@@H](O)[C@H](O)O[C@@H]2CO)[C@@H](O)[C@H](O)[C@@H]1O. The Morgan fingerprint density at radius 2 is 1.26 bits per heavy atom. The van der Waals surface area contributed by atoms with Gasteiger partial charge in [0.2, 0.25) is 0 Å². The summed E-state index contributed by atoms with van der Waals surface area (Å²) in [6.45, 7) is -1.35. The molecule has 8 N–H and O–H groups in total. The highest BCUT2D eigenvalue weighted by molar-refractivity contribution is 4.93. The second-order valence-corrected chi connectivity index (χ2v) is 5.53. The van der Waals surface area contributed by atoms with E-state index < -0.39 is 74.6 Å². The van der Waals surface area contributed by atoms with Gasteiger partial charge in [-0.1, -0.05) is 0 Å². The van der Waals surface area contributed by atoms with E-state index >= 15 is 0 Å². The smallest absolute Gasteiger partial charge is 0.187 e. The van der Waals surface area contributed by atoms with Crippen molar-refractivity contribution in [3.8, 4) is 0 Å². The minimum atomic E-state index is -1.74. The van der Waals surface area contributed by atoms with Crippen LogP contribution in [0.2, 0.25) is 0 Å². The van der Waals surface area contributed by atoms with Crippen molar-refractivity contribution in [2.75, 3.05) is 13.2 Å². The third-order valence-electron chi connectivity index (χ3n) is 3.98. The third kappa shape index (κ3) is 3.65. The first-order valence-corrected chi connectivity index (χ1v) is 7.08. The molecule has 0 aliphatic carbocycles. The molecule has 0 unspecified atom stereocenters. The molecule has 0 amide bonds. The van der Waals surface area contributed by atoms with Crippen LogP contribution < -0.4 is 0 Å². The fourth-order valence-corrected chi connectivity index (χ4v) is 2.57. The second-order valence-electron chi connectivity index (χ2n) is 5.53. The van der Waals surface area contributed by atoms with E-state index in [-0.39, 0.29) is 0 Å². The molecule has 0 aromatic rings. The van der Waals surface area contributed by atoms with Crippen LogP contribution in [0.25, 0.3) is 0 Å². The van der Waals surface area contributed by atoms with Gasteiger partial charge in [-0.25, -0.2) is 0 Å². The number of rotatable bonds is 4. The van der Waals surface area contributed by atoms with Gasteiger partial charge in [0, 0.05) is 0 Å². The van der Waals surface area contributed by atoms with Crippen LogP contribution in [0, 0.1) is 0 Å². The maximum absolute atomic E-state index is 9.94. The van der Waals surface area contributed by atoms with E-state index in [2.05, 4.69) is 0 Å². The Labute approximate surface area is 130 Å². The van der Waals surface area contributed by atoms with Gasteiger partial charge in [-0.05, 0) is 0 Å². The minimum absolute atomic E-state index is 0.667. The molecule has 0 bridgehead atoms. The molecule has 23 heavy (non-hydrogen) atoms. The standard InChI is InChI=1S/C12H22O11/c13-1-3-5(15)6(16)9(19)12(22-3)23-10-4(2-14)21-11(20)8(18)7(10)17/h3-20H,1-2H2/t3-,4+,5+,6+,7+,8+,9-,10-,11+,12-/m0/s1. The fraction of sp³-hybridized carbons (Fsp3) is 1.00. The fourth-order valence-electron chi connectivity index (χ4n) is 2.57. The number of aliphatic hydroxyl groups excluding tert-OH is 8. The van der Waals surface area contributed by atoms with Gasteiger partial charge in [-0.15, -0.1) is 0 Å². The van der Waals surface area contributed by atoms with Crippen molar-refractivity contribution >= 4 is 0 Å². The van der Waals surface area contributed by atoms with Crippen molar-refractivity contribution in [3.63, 3.8) is 0 Å². The molecule has 2 heterocycles. The van der Waals surface area contributed by atoms with Gasteiger partial charge >= 0.3 is 0 Å². The summed E-state index contributed by atoms with van der Waals surface area (Å²) in [6, 6.07) is 0. The van der Waals surface area contributed by atoms with E-state index in [4.69, 9.17) is 19.3 Å². The highest BCUT2D eigenvalue weighted by atomic mass is 16.7. The summed E-state index contributed by atoms with van der Waals surface area (Å²) < 4.78 is 15.3. The van der Waals surface area contributed by atoms with E-state index in [9.17, 15) is 35.7 Å². The lowest BCUT2D eigenvalue weighted by Crippen LogP contribution is -2.64. The van der Waals surface area contributed by atoms with Gasteiger partial charge in [-0.3, -0.25) is 0 Å². The highest BCUT2D eigenvalue weighted by Gasteiger charge is 2.50. The molecule has 2 aliphatic heterocycles. The molecule has 2 rings (SSSR count). The van der Waals surface area contributed by atoms with Gasteiger partial charge in [0.15, 0.2) is 12.6 Å². The highest BCUT2D eigenvalue weighted by Crippen LogP contribution is 2.28. The molecule has 0 saturated carbocycles. The van der Waals surface area contributed by atoms with E-state index in [0.29, 0.717) is 0 Å². The zero-order valence-electron chi connectivity index (χ0n) is 12.0. The predicted octanol–water partition coefficient (Wildman–Crippen LogP) is -5.40. The van der Waals surface area contributed by atoms with Gasteiger partial charge < -0.3 is 55.1 Å². The van der Waals surface area contributed by atoms with Crippen LogP contribution in [0.4, 0.5) is 0 Å². The van der Waals surface area contributed by atoms with Crippen LogP contribution in [-0.2, 0) is 14.2 Å². The monoisotopic (exact) mass is 342 g/mol. The largest absolute Gasteiger partial charge is 0.394 e. The predicted molar refractivity (Wildman–Crippen MR) is 68.6 cm³/mol. The van der Waals surface area contributed by atoms with Crippen molar-refractivity contribution in [1.29, 1.82) is 0 Å². The van der Waals surface area contributed by atoms with Crippen molar-refractivity contribution in [2.45, 2.75) is 61.4 Å². The summed E-state index contributed by atoms with van der Waals surface area (Å²) in [7, 11) is 0. The molecule has 0 radical (unpaired) electrons. The van der Waals surface area contributed by atoms with Crippen molar-refractivity contribution < 1.29 is 55.1 Å². The van der Waals surface area contributed by atoms with Gasteiger partial charge in [0.05, 0.1) is 13.2 Å². The van der Waals surface area contributed by atoms with Gasteiger partial charge in [0.25, 0.3) is 0 Å². The maximum Gasteiger partial charge on any atom is 0.187 e. The Hall–Kier alpha value is -0.440. The third-order valence-corrected chi connectivity index (χ3v) is 3.98. The van der Waals surface area contributed by atoms with E-state index in [1.807, 2.05) is 0 Å². The van der Waals surface area contributed by atoms with Crippen molar-refractivity contribution in [3.05, 3.63) is 0 Å². The molecule has 2 saturated heterocycles. The van der Waals surface area contributed by atoms with Crippen LogP contribution in [-0.4, -0.2) is 115 Å². The first kappa shape index (κ1) is 18.9. The lowest BCUT2D eigenvalue weighted by molar-refractivity contribution is -0.355. The average molecular weight is 342 g/mol. The first-order chi connectivity index (χ1) is 10.8.